The highest BCUT2D eigenvalue weighted by Gasteiger charge is 2.22. The molecule has 3 nitrogen and oxygen atoms in total. The van der Waals surface area contributed by atoms with Gasteiger partial charge < -0.3 is 10.1 Å². The number of thioether (sulfide) groups is 1. The molecular formula is C9H17NO2S. The number of hydrogen-bond donors (Lipinski definition) is 1. The highest BCUT2D eigenvalue weighted by atomic mass is 32.2. The first-order chi connectivity index (χ1) is 5.97. The van der Waals surface area contributed by atoms with Crippen molar-refractivity contribution in [2.24, 2.45) is 0 Å². The molecule has 1 rings (SSSR count). The summed E-state index contributed by atoms with van der Waals surface area (Å²) in [6.45, 7) is 5.67. The normalized spacial score (nSPS) is 23.2. The van der Waals surface area contributed by atoms with E-state index in [0.29, 0.717) is 12.5 Å². The van der Waals surface area contributed by atoms with Gasteiger partial charge >= 0.3 is 5.97 Å². The Morgan fingerprint density at radius 2 is 2.31 bits per heavy atom. The number of nitrogens with one attached hydrogen (secondary N) is 1. The molecule has 1 saturated heterocycles. The van der Waals surface area contributed by atoms with Gasteiger partial charge in [-0.3, -0.25) is 4.79 Å². The van der Waals surface area contributed by atoms with Crippen molar-refractivity contribution < 1.29 is 9.53 Å². The third-order valence-electron chi connectivity index (χ3n) is 1.63. The Hall–Kier alpha value is -0.220. The van der Waals surface area contributed by atoms with Gasteiger partial charge in [-0.05, 0) is 20.8 Å². The van der Waals surface area contributed by atoms with Crippen molar-refractivity contribution in [3.05, 3.63) is 0 Å². The molecule has 0 aromatic rings. The largest absolute Gasteiger partial charge is 0.460 e. The molecule has 1 aliphatic rings. The molecule has 0 aromatic heterocycles. The number of carbonyl (C=O) groups is 1. The molecule has 0 spiro atoms. The summed E-state index contributed by atoms with van der Waals surface area (Å²) in [5, 5.41) is 3.24. The van der Waals surface area contributed by atoms with Crippen molar-refractivity contribution in [3.63, 3.8) is 0 Å². The SMILES string of the molecule is CC(C)(C)OC(=O)C[C@H]1CSCN1. The molecule has 0 bridgehead atoms. The second kappa shape index (κ2) is 4.33. The number of esters is 1. The van der Waals surface area contributed by atoms with Crippen LogP contribution in [-0.2, 0) is 9.53 Å². The van der Waals surface area contributed by atoms with E-state index in [9.17, 15) is 4.79 Å². The fourth-order valence-electron chi connectivity index (χ4n) is 1.15. The molecule has 13 heavy (non-hydrogen) atoms. The molecule has 76 valence electrons. The van der Waals surface area contributed by atoms with E-state index in [1.54, 1.807) is 0 Å². The van der Waals surface area contributed by atoms with Crippen LogP contribution in [0.3, 0.4) is 0 Å². The minimum Gasteiger partial charge on any atom is -0.460 e. The van der Waals surface area contributed by atoms with Gasteiger partial charge in [0.25, 0.3) is 0 Å². The average molecular weight is 203 g/mol. The molecule has 0 unspecified atom stereocenters. The number of rotatable bonds is 2. The molecule has 1 heterocycles. The van der Waals surface area contributed by atoms with Crippen LogP contribution in [0.5, 0.6) is 0 Å². The zero-order valence-electron chi connectivity index (χ0n) is 8.42. The van der Waals surface area contributed by atoms with Crippen LogP contribution in [0, 0.1) is 0 Å². The van der Waals surface area contributed by atoms with Crippen LogP contribution in [0.1, 0.15) is 27.2 Å². The fourth-order valence-corrected chi connectivity index (χ4v) is 2.14. The first-order valence-corrected chi connectivity index (χ1v) is 5.66. The van der Waals surface area contributed by atoms with Crippen molar-refractivity contribution in [1.82, 2.24) is 5.32 Å². The maximum atomic E-state index is 11.3. The van der Waals surface area contributed by atoms with Crippen LogP contribution in [0.15, 0.2) is 0 Å². The van der Waals surface area contributed by atoms with E-state index in [4.69, 9.17) is 4.74 Å². The van der Waals surface area contributed by atoms with E-state index in [2.05, 4.69) is 5.32 Å². The maximum absolute atomic E-state index is 11.3. The quantitative estimate of drug-likeness (QED) is 0.688. The zero-order valence-corrected chi connectivity index (χ0v) is 9.24. The lowest BCUT2D eigenvalue weighted by molar-refractivity contribution is -0.155. The van der Waals surface area contributed by atoms with E-state index in [1.165, 1.54) is 0 Å². The first kappa shape index (κ1) is 10.9. The van der Waals surface area contributed by atoms with Crippen LogP contribution in [0.2, 0.25) is 0 Å². The Labute approximate surface area is 83.6 Å². The maximum Gasteiger partial charge on any atom is 0.307 e. The van der Waals surface area contributed by atoms with Crippen LogP contribution in [-0.4, -0.2) is 29.2 Å². The molecule has 1 atom stereocenters. The van der Waals surface area contributed by atoms with Gasteiger partial charge in [0.05, 0.1) is 6.42 Å². The summed E-state index contributed by atoms with van der Waals surface area (Å²) in [5.74, 6) is 1.86. The van der Waals surface area contributed by atoms with Crippen LogP contribution < -0.4 is 5.32 Å². The minimum absolute atomic E-state index is 0.104. The Morgan fingerprint density at radius 1 is 1.62 bits per heavy atom. The fraction of sp³-hybridized carbons (Fsp3) is 0.889. The van der Waals surface area contributed by atoms with Crippen molar-refractivity contribution >= 4 is 17.7 Å². The third-order valence-corrected chi connectivity index (χ3v) is 2.64. The summed E-state index contributed by atoms with van der Waals surface area (Å²) in [6, 6.07) is 0.305. The zero-order chi connectivity index (χ0) is 9.90. The Bertz CT molecular complexity index is 183. The second-order valence-corrected chi connectivity index (χ2v) is 5.24. The van der Waals surface area contributed by atoms with Crippen molar-refractivity contribution in [2.45, 2.75) is 38.8 Å². The molecule has 0 aliphatic carbocycles. The highest BCUT2D eigenvalue weighted by Crippen LogP contribution is 2.15. The molecule has 0 radical (unpaired) electrons. The summed E-state index contributed by atoms with van der Waals surface area (Å²) in [4.78, 5) is 11.3. The Morgan fingerprint density at radius 3 is 2.77 bits per heavy atom. The predicted octanol–water partition coefficient (Wildman–Crippen LogP) is 1.38. The van der Waals surface area contributed by atoms with Crippen molar-refractivity contribution in [1.29, 1.82) is 0 Å². The predicted molar refractivity (Wildman–Crippen MR) is 54.7 cm³/mol. The molecule has 4 heteroatoms. The van der Waals surface area contributed by atoms with Gasteiger partial charge in [-0.1, -0.05) is 0 Å². The van der Waals surface area contributed by atoms with Gasteiger partial charge in [-0.25, -0.2) is 0 Å². The molecule has 0 aromatic carbocycles. The van der Waals surface area contributed by atoms with Crippen LogP contribution in [0.25, 0.3) is 0 Å². The van der Waals surface area contributed by atoms with Gasteiger partial charge in [0, 0.05) is 17.7 Å². The topological polar surface area (TPSA) is 38.3 Å². The lowest BCUT2D eigenvalue weighted by Crippen LogP contribution is -2.31. The molecule has 1 N–H and O–H groups in total. The number of hydrogen-bond acceptors (Lipinski definition) is 4. The molecule has 0 saturated carbocycles. The van der Waals surface area contributed by atoms with Crippen molar-refractivity contribution in [3.8, 4) is 0 Å². The summed E-state index contributed by atoms with van der Waals surface area (Å²) < 4.78 is 5.21. The van der Waals surface area contributed by atoms with Gasteiger partial charge in [-0.15, -0.1) is 11.8 Å². The summed E-state index contributed by atoms with van der Waals surface area (Å²) in [6.07, 6.45) is 0.490. The summed E-state index contributed by atoms with van der Waals surface area (Å²) in [5.41, 5.74) is -0.358. The van der Waals surface area contributed by atoms with Gasteiger partial charge in [0.2, 0.25) is 0 Å². The third kappa shape index (κ3) is 4.52. The van der Waals surface area contributed by atoms with E-state index in [-0.39, 0.29) is 11.6 Å². The van der Waals surface area contributed by atoms with E-state index in [0.717, 1.165) is 11.6 Å². The monoisotopic (exact) mass is 203 g/mol. The lowest BCUT2D eigenvalue weighted by Gasteiger charge is -2.20. The minimum atomic E-state index is -0.358. The van der Waals surface area contributed by atoms with E-state index in [1.807, 2.05) is 32.5 Å². The van der Waals surface area contributed by atoms with Gasteiger partial charge in [-0.2, -0.15) is 0 Å². The number of carbonyl (C=O) groups excluding carboxylic acids is 1. The van der Waals surface area contributed by atoms with Crippen LogP contribution >= 0.6 is 11.8 Å². The molecule has 0 amide bonds. The molecular weight excluding hydrogens is 186 g/mol. The summed E-state index contributed by atoms with van der Waals surface area (Å²) in [7, 11) is 0. The van der Waals surface area contributed by atoms with Gasteiger partial charge in [0.1, 0.15) is 5.60 Å². The van der Waals surface area contributed by atoms with E-state index >= 15 is 0 Å². The van der Waals surface area contributed by atoms with E-state index < -0.39 is 0 Å². The number of ether oxygens (including phenoxy) is 1. The Kier molecular flexibility index (Phi) is 3.62. The smallest absolute Gasteiger partial charge is 0.307 e. The van der Waals surface area contributed by atoms with Crippen molar-refractivity contribution in [2.75, 3.05) is 11.6 Å². The van der Waals surface area contributed by atoms with Crippen LogP contribution in [0.4, 0.5) is 0 Å². The first-order valence-electron chi connectivity index (χ1n) is 4.50. The molecule has 1 fully saturated rings. The standard InChI is InChI=1S/C9H17NO2S/c1-9(2,3)12-8(11)4-7-5-13-6-10-7/h7,10H,4-6H2,1-3H3/t7-/m0/s1. The molecule has 1 aliphatic heterocycles. The second-order valence-electron chi connectivity index (χ2n) is 4.21. The van der Waals surface area contributed by atoms with Gasteiger partial charge in [0.15, 0.2) is 0 Å². The lowest BCUT2D eigenvalue weighted by atomic mass is 10.2. The summed E-state index contributed by atoms with van der Waals surface area (Å²) >= 11 is 1.82. The Balaban J connectivity index is 2.24. The average Bonchev–Trinajstić information content (AvgIpc) is 2.34. The highest BCUT2D eigenvalue weighted by molar-refractivity contribution is 7.99.